The monoisotopic (exact) mass is 488 g/mol. The highest BCUT2D eigenvalue weighted by Crippen LogP contribution is 2.36. The molecule has 0 aliphatic carbocycles. The predicted octanol–water partition coefficient (Wildman–Crippen LogP) is 6.62. The third kappa shape index (κ3) is 6.35. The predicted molar refractivity (Wildman–Crippen MR) is 138 cm³/mol. The zero-order valence-electron chi connectivity index (χ0n) is 18.9. The second-order valence-electron chi connectivity index (χ2n) is 7.41. The minimum Gasteiger partial charge on any atom is -0.493 e. The number of hydrogen-bond acceptors (Lipinski definition) is 3. The van der Waals surface area contributed by atoms with Crippen molar-refractivity contribution in [2.75, 3.05) is 11.9 Å². The SMILES string of the molecule is C#C/C=C(F)\C=C/CCOc1ccc(Cl)cc1-c1ccc(C)n1-c1cc(NC#C)cc(C(=O)O)c1. The second-order valence-corrected chi connectivity index (χ2v) is 7.85. The lowest BCUT2D eigenvalue weighted by Gasteiger charge is -2.17. The van der Waals surface area contributed by atoms with Crippen molar-refractivity contribution in [2.45, 2.75) is 13.3 Å². The van der Waals surface area contributed by atoms with Crippen LogP contribution in [0.2, 0.25) is 5.02 Å². The fourth-order valence-corrected chi connectivity index (χ4v) is 3.67. The van der Waals surface area contributed by atoms with E-state index < -0.39 is 11.8 Å². The van der Waals surface area contributed by atoms with E-state index in [1.807, 2.05) is 23.6 Å². The Hall–Kier alpha value is -4.39. The zero-order chi connectivity index (χ0) is 25.4. The van der Waals surface area contributed by atoms with Crippen LogP contribution in [0, 0.1) is 31.7 Å². The van der Waals surface area contributed by atoms with E-state index in [1.54, 1.807) is 36.4 Å². The number of rotatable bonds is 9. The van der Waals surface area contributed by atoms with Gasteiger partial charge in [-0.3, -0.25) is 0 Å². The second kappa shape index (κ2) is 11.7. The standard InChI is InChI=1S/C28H22ClFN2O3/c1-4-8-22(30)9-6-7-14-35-27-13-11-21(29)17-25(27)26-12-10-19(3)32(26)24-16-20(28(33)34)15-23(18-24)31-5-2/h1-2,6,8-13,15-18,31H,7,14H2,3H3,(H,33,34)/b9-6-,22-8+. The van der Waals surface area contributed by atoms with Crippen LogP contribution in [-0.4, -0.2) is 22.2 Å². The van der Waals surface area contributed by atoms with Crippen LogP contribution in [0.3, 0.4) is 0 Å². The van der Waals surface area contributed by atoms with Gasteiger partial charge in [-0.25, -0.2) is 9.18 Å². The molecule has 0 aliphatic heterocycles. The number of benzene rings is 2. The summed E-state index contributed by atoms with van der Waals surface area (Å²) in [5.41, 5.74) is 3.47. The molecule has 0 saturated carbocycles. The molecule has 3 rings (SSSR count). The van der Waals surface area contributed by atoms with Crippen LogP contribution in [0.25, 0.3) is 16.9 Å². The van der Waals surface area contributed by atoms with E-state index in [4.69, 9.17) is 29.2 Å². The Labute approximate surface area is 208 Å². The van der Waals surface area contributed by atoms with Gasteiger partial charge in [0, 0.05) is 39.8 Å². The van der Waals surface area contributed by atoms with E-state index in [9.17, 15) is 14.3 Å². The van der Waals surface area contributed by atoms with Crippen molar-refractivity contribution in [3.8, 4) is 47.5 Å². The Morgan fingerprint density at radius 1 is 1.23 bits per heavy atom. The molecule has 0 saturated heterocycles. The van der Waals surface area contributed by atoms with Gasteiger partial charge in [0.2, 0.25) is 0 Å². The molecule has 1 heterocycles. The number of carboxylic acid groups (broad SMARTS) is 1. The van der Waals surface area contributed by atoms with Crippen LogP contribution in [0.4, 0.5) is 10.1 Å². The average molecular weight is 489 g/mol. The fourth-order valence-electron chi connectivity index (χ4n) is 3.50. The van der Waals surface area contributed by atoms with Crippen LogP contribution >= 0.6 is 11.6 Å². The fraction of sp³-hybridized carbons (Fsp3) is 0.107. The number of allylic oxidation sites excluding steroid dienone is 3. The zero-order valence-corrected chi connectivity index (χ0v) is 19.6. The summed E-state index contributed by atoms with van der Waals surface area (Å²) in [6.07, 6.45) is 14.8. The van der Waals surface area contributed by atoms with Gasteiger partial charge in [0.25, 0.3) is 0 Å². The first-order chi connectivity index (χ1) is 16.8. The number of nitrogens with zero attached hydrogens (tertiary/aromatic N) is 1. The first-order valence-electron chi connectivity index (χ1n) is 10.5. The molecular weight excluding hydrogens is 467 g/mol. The van der Waals surface area contributed by atoms with Crippen molar-refractivity contribution in [3.05, 3.63) is 88.9 Å². The van der Waals surface area contributed by atoms with Gasteiger partial charge in [0.1, 0.15) is 11.6 Å². The minimum absolute atomic E-state index is 0.0831. The molecule has 35 heavy (non-hydrogen) atoms. The minimum atomic E-state index is -1.08. The number of carboxylic acids is 1. The summed E-state index contributed by atoms with van der Waals surface area (Å²) in [5.74, 6) is 1.11. The van der Waals surface area contributed by atoms with Crippen LogP contribution in [-0.2, 0) is 0 Å². The molecule has 0 radical (unpaired) electrons. The summed E-state index contributed by atoms with van der Waals surface area (Å²) < 4.78 is 21.2. The number of aromatic nitrogens is 1. The number of aryl methyl sites for hydroxylation is 1. The van der Waals surface area contributed by atoms with Gasteiger partial charge in [-0.15, -0.1) is 6.42 Å². The molecule has 3 aromatic rings. The Morgan fingerprint density at radius 2 is 2.03 bits per heavy atom. The van der Waals surface area contributed by atoms with Crippen molar-refractivity contribution >= 4 is 23.3 Å². The van der Waals surface area contributed by atoms with Gasteiger partial charge in [-0.2, -0.15) is 0 Å². The average Bonchev–Trinajstić information content (AvgIpc) is 3.21. The van der Waals surface area contributed by atoms with Crippen LogP contribution in [0.1, 0.15) is 22.5 Å². The summed E-state index contributed by atoms with van der Waals surface area (Å²) in [6.45, 7) is 2.19. The van der Waals surface area contributed by atoms with Gasteiger partial charge >= 0.3 is 5.97 Å². The third-order valence-electron chi connectivity index (χ3n) is 4.97. The van der Waals surface area contributed by atoms with E-state index in [0.29, 0.717) is 40.7 Å². The van der Waals surface area contributed by atoms with Crippen molar-refractivity contribution < 1.29 is 19.0 Å². The van der Waals surface area contributed by atoms with Crippen LogP contribution in [0.15, 0.2) is 72.6 Å². The van der Waals surface area contributed by atoms with E-state index in [-0.39, 0.29) is 5.56 Å². The summed E-state index contributed by atoms with van der Waals surface area (Å²) in [4.78, 5) is 11.7. The first-order valence-corrected chi connectivity index (χ1v) is 10.9. The van der Waals surface area contributed by atoms with Crippen molar-refractivity contribution in [1.82, 2.24) is 4.57 Å². The van der Waals surface area contributed by atoms with E-state index in [1.165, 1.54) is 12.1 Å². The lowest BCUT2D eigenvalue weighted by atomic mass is 10.1. The normalized spacial score (nSPS) is 11.2. The Morgan fingerprint density at radius 3 is 2.74 bits per heavy atom. The van der Waals surface area contributed by atoms with Crippen molar-refractivity contribution in [1.29, 1.82) is 0 Å². The summed E-state index contributed by atoms with van der Waals surface area (Å²) in [6, 6.07) is 16.2. The van der Waals surface area contributed by atoms with E-state index >= 15 is 0 Å². The molecule has 5 nitrogen and oxygen atoms in total. The van der Waals surface area contributed by atoms with Crippen LogP contribution < -0.4 is 10.1 Å². The van der Waals surface area contributed by atoms with Crippen LogP contribution in [0.5, 0.6) is 5.75 Å². The number of carbonyl (C=O) groups is 1. The Balaban J connectivity index is 1.99. The first kappa shape index (κ1) is 25.2. The molecule has 1 aromatic heterocycles. The maximum atomic E-state index is 13.4. The molecule has 2 N–H and O–H groups in total. The number of ether oxygens (including phenoxy) is 1. The van der Waals surface area contributed by atoms with Crippen molar-refractivity contribution in [2.24, 2.45) is 0 Å². The van der Waals surface area contributed by atoms with Crippen molar-refractivity contribution in [3.63, 3.8) is 0 Å². The van der Waals surface area contributed by atoms with E-state index in [0.717, 1.165) is 17.5 Å². The smallest absolute Gasteiger partial charge is 0.335 e. The lowest BCUT2D eigenvalue weighted by Crippen LogP contribution is -2.05. The highest BCUT2D eigenvalue weighted by Gasteiger charge is 2.17. The molecule has 0 amide bonds. The van der Waals surface area contributed by atoms with Gasteiger partial charge < -0.3 is 19.7 Å². The maximum absolute atomic E-state index is 13.4. The number of hydrogen-bond donors (Lipinski definition) is 2. The van der Waals surface area contributed by atoms with Gasteiger partial charge in [0.05, 0.1) is 17.9 Å². The van der Waals surface area contributed by atoms with Gasteiger partial charge in [0.15, 0.2) is 0 Å². The molecule has 0 bridgehead atoms. The largest absolute Gasteiger partial charge is 0.493 e. The highest BCUT2D eigenvalue weighted by atomic mass is 35.5. The highest BCUT2D eigenvalue weighted by molar-refractivity contribution is 6.31. The topological polar surface area (TPSA) is 63.5 Å². The molecule has 0 atom stereocenters. The molecule has 0 aliphatic rings. The number of anilines is 1. The molecule has 0 fully saturated rings. The lowest BCUT2D eigenvalue weighted by molar-refractivity contribution is 0.0697. The molecule has 0 unspecified atom stereocenters. The summed E-state index contributed by atoms with van der Waals surface area (Å²) >= 11 is 6.30. The molecule has 7 heteroatoms. The summed E-state index contributed by atoms with van der Waals surface area (Å²) in [5, 5.41) is 12.8. The Bertz CT molecular complexity index is 1390. The molecule has 176 valence electrons. The maximum Gasteiger partial charge on any atom is 0.335 e. The number of terminal acetylenes is 2. The summed E-state index contributed by atoms with van der Waals surface area (Å²) in [7, 11) is 0. The number of nitrogens with one attached hydrogen (secondary N) is 1. The number of aromatic carboxylic acids is 1. The molecule has 0 spiro atoms. The van der Waals surface area contributed by atoms with E-state index in [2.05, 4.69) is 17.3 Å². The number of halogens is 2. The van der Waals surface area contributed by atoms with Gasteiger partial charge in [-0.05, 0) is 68.0 Å². The molecular formula is C28H22ClFN2O3. The van der Waals surface area contributed by atoms with Gasteiger partial charge in [-0.1, -0.05) is 30.0 Å². The Kier molecular flexibility index (Phi) is 8.40. The quantitative estimate of drug-likeness (QED) is 0.154. The third-order valence-corrected chi connectivity index (χ3v) is 5.21. The molecule has 2 aromatic carbocycles.